The molecule has 5 nitrogen and oxygen atoms in total. The molecule has 0 saturated carbocycles. The van der Waals surface area contributed by atoms with E-state index >= 15 is 0 Å². The number of amides is 1. The molecule has 0 heterocycles. The van der Waals surface area contributed by atoms with Gasteiger partial charge in [0.25, 0.3) is 5.91 Å². The average molecular weight is 250 g/mol. The van der Waals surface area contributed by atoms with Gasteiger partial charge in [-0.2, -0.15) is 0 Å². The van der Waals surface area contributed by atoms with Crippen molar-refractivity contribution < 1.29 is 14.3 Å². The van der Waals surface area contributed by atoms with E-state index in [0.717, 1.165) is 5.56 Å². The van der Waals surface area contributed by atoms with Crippen LogP contribution < -0.4 is 5.73 Å². The van der Waals surface area contributed by atoms with E-state index in [2.05, 4.69) is 0 Å². The highest BCUT2D eigenvalue weighted by Gasteiger charge is 2.15. The van der Waals surface area contributed by atoms with E-state index in [1.54, 1.807) is 38.2 Å². The first-order chi connectivity index (χ1) is 8.58. The number of hydrogen-bond acceptors (Lipinski definition) is 4. The Bertz CT molecular complexity index is 415. The monoisotopic (exact) mass is 250 g/mol. The first kappa shape index (κ1) is 14.2. The Morgan fingerprint density at radius 1 is 1.28 bits per heavy atom. The number of nitrogens with two attached hydrogens (primary N) is 1. The number of esters is 1. The zero-order valence-electron chi connectivity index (χ0n) is 10.7. The molecule has 1 amide bonds. The highest BCUT2D eigenvalue weighted by atomic mass is 16.5. The maximum absolute atomic E-state index is 12.0. The zero-order valence-corrected chi connectivity index (χ0v) is 10.7. The predicted octanol–water partition coefficient (Wildman–Crippen LogP) is 0.780. The summed E-state index contributed by atoms with van der Waals surface area (Å²) in [7, 11) is 1.57. The summed E-state index contributed by atoms with van der Waals surface area (Å²) in [5.41, 5.74) is 6.96. The Hall–Kier alpha value is -1.88. The number of carbonyl (C=O) groups excluding carboxylic acids is 2. The molecule has 0 atom stereocenters. The smallest absolute Gasteiger partial charge is 0.325 e. The number of nitrogens with zero attached hydrogens (tertiary/aromatic N) is 1. The van der Waals surface area contributed by atoms with Gasteiger partial charge in [0.15, 0.2) is 0 Å². The van der Waals surface area contributed by atoms with Crippen LogP contribution in [0.5, 0.6) is 0 Å². The van der Waals surface area contributed by atoms with Gasteiger partial charge in [-0.1, -0.05) is 12.1 Å². The third kappa shape index (κ3) is 3.85. The largest absolute Gasteiger partial charge is 0.465 e. The predicted molar refractivity (Wildman–Crippen MR) is 67.9 cm³/mol. The normalized spacial score (nSPS) is 9.94. The third-order valence-electron chi connectivity index (χ3n) is 2.45. The summed E-state index contributed by atoms with van der Waals surface area (Å²) in [4.78, 5) is 24.6. The molecule has 1 rings (SSSR count). The summed E-state index contributed by atoms with van der Waals surface area (Å²) in [5.74, 6) is -0.626. The average Bonchev–Trinajstić information content (AvgIpc) is 2.38. The fourth-order valence-electron chi connectivity index (χ4n) is 1.48. The minimum absolute atomic E-state index is 0.0503. The van der Waals surface area contributed by atoms with Gasteiger partial charge in [-0.25, -0.2) is 0 Å². The van der Waals surface area contributed by atoms with Crippen LogP contribution >= 0.6 is 0 Å². The fraction of sp³-hybridized carbons (Fsp3) is 0.385. The van der Waals surface area contributed by atoms with Crippen LogP contribution in [0.1, 0.15) is 22.8 Å². The van der Waals surface area contributed by atoms with Gasteiger partial charge in [0.05, 0.1) is 6.61 Å². The molecule has 0 aliphatic heterocycles. The lowest BCUT2D eigenvalue weighted by molar-refractivity contribution is -0.143. The molecule has 5 heteroatoms. The first-order valence-corrected chi connectivity index (χ1v) is 5.78. The maximum Gasteiger partial charge on any atom is 0.325 e. The standard InChI is InChI=1S/C13H18N2O3/c1-3-18-12(16)9-15(2)13(17)11-6-4-10(8-14)5-7-11/h4-7H,3,8-9,14H2,1-2H3. The zero-order chi connectivity index (χ0) is 13.5. The molecule has 2 N–H and O–H groups in total. The quantitative estimate of drug-likeness (QED) is 0.784. The summed E-state index contributed by atoms with van der Waals surface area (Å²) in [6, 6.07) is 7.00. The van der Waals surface area contributed by atoms with Gasteiger partial charge in [0.1, 0.15) is 6.54 Å². The Labute approximate surface area is 107 Å². The van der Waals surface area contributed by atoms with Crippen LogP contribution in [0.15, 0.2) is 24.3 Å². The van der Waals surface area contributed by atoms with Gasteiger partial charge in [0.2, 0.25) is 0 Å². The summed E-state index contributed by atoms with van der Waals surface area (Å²) in [6.45, 7) is 2.43. The molecular weight excluding hydrogens is 232 g/mol. The molecule has 1 aromatic carbocycles. The van der Waals surface area contributed by atoms with Crippen LogP contribution in [0.25, 0.3) is 0 Å². The van der Waals surface area contributed by atoms with Gasteiger partial charge in [-0.3, -0.25) is 9.59 Å². The molecule has 0 saturated heterocycles. The van der Waals surface area contributed by atoms with Crippen molar-refractivity contribution in [1.29, 1.82) is 0 Å². The molecule has 0 fully saturated rings. The van der Waals surface area contributed by atoms with Crippen molar-refractivity contribution in [2.45, 2.75) is 13.5 Å². The van der Waals surface area contributed by atoms with E-state index in [9.17, 15) is 9.59 Å². The van der Waals surface area contributed by atoms with Crippen LogP contribution in [-0.4, -0.2) is 37.0 Å². The molecule has 0 bridgehead atoms. The Morgan fingerprint density at radius 3 is 2.39 bits per heavy atom. The van der Waals surface area contributed by atoms with Gasteiger partial charge in [-0.05, 0) is 24.6 Å². The van der Waals surface area contributed by atoms with Crippen molar-refractivity contribution in [3.63, 3.8) is 0 Å². The van der Waals surface area contributed by atoms with E-state index in [-0.39, 0.29) is 12.5 Å². The van der Waals surface area contributed by atoms with E-state index in [1.165, 1.54) is 4.90 Å². The van der Waals surface area contributed by atoms with Gasteiger partial charge in [-0.15, -0.1) is 0 Å². The number of rotatable bonds is 5. The van der Waals surface area contributed by atoms with Crippen molar-refractivity contribution in [1.82, 2.24) is 4.90 Å². The molecule has 0 radical (unpaired) electrons. The first-order valence-electron chi connectivity index (χ1n) is 5.78. The molecule has 0 aliphatic rings. The highest BCUT2D eigenvalue weighted by Crippen LogP contribution is 2.06. The molecule has 18 heavy (non-hydrogen) atoms. The molecule has 0 aliphatic carbocycles. The van der Waals surface area contributed by atoms with E-state index < -0.39 is 5.97 Å². The van der Waals surface area contributed by atoms with Crippen molar-refractivity contribution in [2.75, 3.05) is 20.2 Å². The molecular formula is C13H18N2O3. The lowest BCUT2D eigenvalue weighted by Crippen LogP contribution is -2.33. The van der Waals surface area contributed by atoms with Gasteiger partial charge in [0, 0.05) is 19.2 Å². The van der Waals surface area contributed by atoms with Crippen LogP contribution in [0.3, 0.4) is 0 Å². The van der Waals surface area contributed by atoms with Crippen LogP contribution in [0.2, 0.25) is 0 Å². The second-order valence-corrected chi connectivity index (χ2v) is 3.87. The van der Waals surface area contributed by atoms with Gasteiger partial charge >= 0.3 is 5.97 Å². The number of benzene rings is 1. The van der Waals surface area contributed by atoms with Crippen LogP contribution in [0.4, 0.5) is 0 Å². The van der Waals surface area contributed by atoms with Crippen molar-refractivity contribution in [2.24, 2.45) is 5.73 Å². The van der Waals surface area contributed by atoms with Crippen molar-refractivity contribution in [3.8, 4) is 0 Å². The number of ether oxygens (including phenoxy) is 1. The SMILES string of the molecule is CCOC(=O)CN(C)C(=O)c1ccc(CN)cc1. The van der Waals surface area contributed by atoms with E-state index in [1.807, 2.05) is 0 Å². The van der Waals surface area contributed by atoms with Crippen molar-refractivity contribution in [3.05, 3.63) is 35.4 Å². The maximum atomic E-state index is 12.0. The molecule has 1 aromatic rings. The molecule has 98 valence electrons. The molecule has 0 spiro atoms. The lowest BCUT2D eigenvalue weighted by atomic mass is 10.1. The van der Waals surface area contributed by atoms with Crippen molar-refractivity contribution >= 4 is 11.9 Å². The van der Waals surface area contributed by atoms with Crippen LogP contribution in [0, 0.1) is 0 Å². The Kier molecular flexibility index (Phi) is 5.32. The third-order valence-corrected chi connectivity index (χ3v) is 2.45. The minimum Gasteiger partial charge on any atom is -0.465 e. The lowest BCUT2D eigenvalue weighted by Gasteiger charge is -2.16. The topological polar surface area (TPSA) is 72.6 Å². The number of hydrogen-bond donors (Lipinski definition) is 1. The number of likely N-dealkylation sites (N-methyl/N-ethyl adjacent to an activating group) is 1. The van der Waals surface area contributed by atoms with E-state index in [0.29, 0.717) is 18.7 Å². The van der Waals surface area contributed by atoms with E-state index in [4.69, 9.17) is 10.5 Å². The highest BCUT2D eigenvalue weighted by molar-refractivity contribution is 5.95. The Balaban J connectivity index is 2.64. The van der Waals surface area contributed by atoms with Gasteiger partial charge < -0.3 is 15.4 Å². The molecule has 0 aromatic heterocycles. The number of carbonyl (C=O) groups is 2. The molecule has 0 unspecified atom stereocenters. The summed E-state index contributed by atoms with van der Waals surface area (Å²) < 4.78 is 4.79. The Morgan fingerprint density at radius 2 is 1.89 bits per heavy atom. The second kappa shape index (κ2) is 6.76. The summed E-state index contributed by atoms with van der Waals surface area (Å²) in [6.07, 6.45) is 0. The summed E-state index contributed by atoms with van der Waals surface area (Å²) >= 11 is 0. The second-order valence-electron chi connectivity index (χ2n) is 3.87. The van der Waals surface area contributed by atoms with Crippen LogP contribution in [-0.2, 0) is 16.1 Å². The minimum atomic E-state index is -0.410. The summed E-state index contributed by atoms with van der Waals surface area (Å²) in [5, 5.41) is 0. The fourth-order valence-corrected chi connectivity index (χ4v) is 1.48.